The minimum absolute atomic E-state index is 0.0297. The van der Waals surface area contributed by atoms with Crippen molar-refractivity contribution in [2.45, 2.75) is 25.5 Å². The van der Waals surface area contributed by atoms with E-state index in [2.05, 4.69) is 15.5 Å². The van der Waals surface area contributed by atoms with Gasteiger partial charge in [-0.05, 0) is 25.0 Å². The number of aromatic nitrogens is 2. The number of ether oxygens (including phenoxy) is 1. The second-order valence-corrected chi connectivity index (χ2v) is 8.25. The predicted octanol–water partition coefficient (Wildman–Crippen LogP) is 3.04. The van der Waals surface area contributed by atoms with Crippen LogP contribution in [0.1, 0.15) is 44.0 Å². The van der Waals surface area contributed by atoms with Crippen LogP contribution in [-0.4, -0.2) is 40.3 Å². The number of thiophene rings is 1. The molecule has 2 heterocycles. The van der Waals surface area contributed by atoms with Gasteiger partial charge in [-0.1, -0.05) is 42.1 Å². The average molecular weight is 461 g/mol. The summed E-state index contributed by atoms with van der Waals surface area (Å²) in [6.45, 7) is 3.41. The van der Waals surface area contributed by atoms with Crippen molar-refractivity contribution in [3.8, 4) is 0 Å². The normalized spacial score (nSPS) is 10.6. The average Bonchev–Trinajstić information content (AvgIpc) is 3.31. The van der Waals surface area contributed by atoms with E-state index in [-0.39, 0.29) is 33.0 Å². The highest BCUT2D eigenvalue weighted by atomic mass is 32.2. The van der Waals surface area contributed by atoms with Gasteiger partial charge in [0, 0.05) is 0 Å². The summed E-state index contributed by atoms with van der Waals surface area (Å²) < 4.78 is 10.6. The maximum atomic E-state index is 12.4. The van der Waals surface area contributed by atoms with Crippen molar-refractivity contribution in [3.63, 3.8) is 0 Å². The van der Waals surface area contributed by atoms with Crippen LogP contribution in [0, 0.1) is 6.92 Å². The molecule has 0 atom stereocenters. The lowest BCUT2D eigenvalue weighted by atomic mass is 10.1. The molecule has 2 amide bonds. The third-order valence-corrected chi connectivity index (χ3v) is 6.12. The Labute approximate surface area is 186 Å². The van der Waals surface area contributed by atoms with Gasteiger partial charge >= 0.3 is 5.97 Å². The van der Waals surface area contributed by atoms with E-state index in [0.29, 0.717) is 17.9 Å². The predicted molar refractivity (Wildman–Crippen MR) is 116 cm³/mol. The number of anilines is 1. The zero-order valence-electron chi connectivity index (χ0n) is 16.8. The lowest BCUT2D eigenvalue weighted by molar-refractivity contribution is -0.113. The fourth-order valence-electron chi connectivity index (χ4n) is 2.71. The van der Waals surface area contributed by atoms with E-state index in [1.165, 1.54) is 0 Å². The van der Waals surface area contributed by atoms with Crippen LogP contribution in [0.15, 0.2) is 40.0 Å². The van der Waals surface area contributed by atoms with Crippen molar-refractivity contribution >= 4 is 45.9 Å². The van der Waals surface area contributed by atoms with Crippen molar-refractivity contribution < 1.29 is 23.5 Å². The first kappa shape index (κ1) is 22.5. The van der Waals surface area contributed by atoms with Crippen LogP contribution < -0.4 is 11.1 Å². The number of esters is 1. The van der Waals surface area contributed by atoms with Crippen LogP contribution in [0.5, 0.6) is 0 Å². The van der Waals surface area contributed by atoms with Gasteiger partial charge in [0.05, 0.1) is 29.2 Å². The van der Waals surface area contributed by atoms with Gasteiger partial charge in [-0.25, -0.2) is 4.79 Å². The van der Waals surface area contributed by atoms with Crippen molar-refractivity contribution in [1.82, 2.24) is 10.2 Å². The number of primary amides is 1. The summed E-state index contributed by atoms with van der Waals surface area (Å²) >= 11 is 2.00. The lowest BCUT2D eigenvalue weighted by Crippen LogP contribution is -2.16. The molecule has 1 aromatic carbocycles. The Morgan fingerprint density at radius 1 is 1.23 bits per heavy atom. The van der Waals surface area contributed by atoms with E-state index in [0.717, 1.165) is 28.7 Å². The number of hydrogen-bond donors (Lipinski definition) is 2. The molecule has 0 fully saturated rings. The van der Waals surface area contributed by atoms with Crippen LogP contribution in [0.2, 0.25) is 0 Å². The molecule has 0 aliphatic heterocycles. The van der Waals surface area contributed by atoms with Gasteiger partial charge in [-0.2, -0.15) is 0 Å². The molecule has 3 N–H and O–H groups in total. The minimum atomic E-state index is -0.681. The number of nitrogens with two attached hydrogens (primary N) is 1. The molecule has 162 valence electrons. The van der Waals surface area contributed by atoms with Crippen molar-refractivity contribution in [2.75, 3.05) is 17.7 Å². The summed E-state index contributed by atoms with van der Waals surface area (Å²) in [5.74, 6) is -1.30. The quantitative estimate of drug-likeness (QED) is 0.367. The molecule has 0 radical (unpaired) electrons. The summed E-state index contributed by atoms with van der Waals surface area (Å²) in [6.07, 6.45) is 0.494. The third-order valence-electron chi connectivity index (χ3n) is 4.08. The standard InChI is InChI=1S/C20H20N4O5S2/c1-3-28-19(27)15-11(2)16(17(21)26)31-18(15)22-13(25)10-30-20-24-23-14(29-20)9-12-7-5-4-6-8-12/h4-8H,3,9-10H2,1-2H3,(H2,21,26)(H,22,25). The van der Waals surface area contributed by atoms with Crippen LogP contribution >= 0.6 is 23.1 Å². The largest absolute Gasteiger partial charge is 0.462 e. The molecule has 2 aromatic heterocycles. The molecule has 3 aromatic rings. The van der Waals surface area contributed by atoms with Gasteiger partial charge in [-0.3, -0.25) is 9.59 Å². The van der Waals surface area contributed by atoms with Crippen molar-refractivity contribution in [1.29, 1.82) is 0 Å². The van der Waals surface area contributed by atoms with Gasteiger partial charge in [0.2, 0.25) is 11.8 Å². The van der Waals surface area contributed by atoms with Crippen LogP contribution in [0.4, 0.5) is 5.00 Å². The first-order valence-corrected chi connectivity index (χ1v) is 11.1. The molecule has 0 saturated heterocycles. The zero-order valence-corrected chi connectivity index (χ0v) is 18.5. The molecular formula is C20H20N4O5S2. The van der Waals surface area contributed by atoms with E-state index in [9.17, 15) is 14.4 Å². The molecule has 3 rings (SSSR count). The maximum Gasteiger partial charge on any atom is 0.341 e. The highest BCUT2D eigenvalue weighted by Gasteiger charge is 2.25. The van der Waals surface area contributed by atoms with E-state index in [1.54, 1.807) is 13.8 Å². The summed E-state index contributed by atoms with van der Waals surface area (Å²) in [7, 11) is 0. The summed E-state index contributed by atoms with van der Waals surface area (Å²) in [5.41, 5.74) is 6.90. The van der Waals surface area contributed by atoms with Crippen molar-refractivity contribution in [2.24, 2.45) is 5.73 Å². The molecule has 0 saturated carbocycles. The number of nitrogens with zero attached hydrogens (tertiary/aromatic N) is 2. The molecule has 0 aliphatic carbocycles. The molecule has 31 heavy (non-hydrogen) atoms. The number of hydrogen-bond acceptors (Lipinski definition) is 9. The Morgan fingerprint density at radius 3 is 2.65 bits per heavy atom. The lowest BCUT2D eigenvalue weighted by Gasteiger charge is -2.06. The molecule has 0 aliphatic rings. The molecule has 0 bridgehead atoms. The zero-order chi connectivity index (χ0) is 22.4. The molecule has 0 unspecified atom stereocenters. The van der Waals surface area contributed by atoms with Crippen LogP contribution in [-0.2, 0) is 16.0 Å². The SMILES string of the molecule is CCOC(=O)c1c(NC(=O)CSc2nnc(Cc3ccccc3)o2)sc(C(N)=O)c1C. The van der Waals surface area contributed by atoms with Gasteiger partial charge in [0.15, 0.2) is 0 Å². The highest BCUT2D eigenvalue weighted by Crippen LogP contribution is 2.33. The number of amides is 2. The third kappa shape index (κ3) is 5.70. The van der Waals surface area contributed by atoms with Gasteiger partial charge in [0.1, 0.15) is 5.00 Å². The number of carbonyl (C=O) groups is 3. The molecule has 0 spiro atoms. The fourth-order valence-corrected chi connectivity index (χ4v) is 4.36. The molecule has 9 nitrogen and oxygen atoms in total. The number of nitrogens with one attached hydrogen (secondary N) is 1. The Kier molecular flexibility index (Phi) is 7.42. The Balaban J connectivity index is 1.64. The van der Waals surface area contributed by atoms with Gasteiger partial charge in [-0.15, -0.1) is 21.5 Å². The summed E-state index contributed by atoms with van der Waals surface area (Å²) in [4.78, 5) is 36.5. The fraction of sp³-hybridized carbons (Fsp3) is 0.250. The molecular weight excluding hydrogens is 440 g/mol. The second kappa shape index (κ2) is 10.2. The Hall–Kier alpha value is -3.18. The second-order valence-electron chi connectivity index (χ2n) is 6.31. The number of thioether (sulfide) groups is 1. The van der Waals surface area contributed by atoms with Crippen molar-refractivity contribution in [3.05, 3.63) is 57.8 Å². The minimum Gasteiger partial charge on any atom is -0.462 e. The number of carbonyl (C=O) groups excluding carboxylic acids is 3. The smallest absolute Gasteiger partial charge is 0.341 e. The van der Waals surface area contributed by atoms with E-state index < -0.39 is 17.8 Å². The molecule has 11 heteroatoms. The van der Waals surface area contributed by atoms with E-state index in [4.69, 9.17) is 14.9 Å². The van der Waals surface area contributed by atoms with Gasteiger partial charge < -0.3 is 20.2 Å². The van der Waals surface area contributed by atoms with Gasteiger partial charge in [0.25, 0.3) is 11.1 Å². The summed E-state index contributed by atoms with van der Waals surface area (Å²) in [6, 6.07) is 9.67. The maximum absolute atomic E-state index is 12.4. The van der Waals surface area contributed by atoms with E-state index in [1.807, 2.05) is 30.3 Å². The number of rotatable bonds is 9. The first-order valence-electron chi connectivity index (χ1n) is 9.28. The first-order chi connectivity index (χ1) is 14.9. The van der Waals surface area contributed by atoms with Crippen LogP contribution in [0.25, 0.3) is 0 Å². The van der Waals surface area contributed by atoms with E-state index >= 15 is 0 Å². The topological polar surface area (TPSA) is 137 Å². The summed E-state index contributed by atoms with van der Waals surface area (Å²) in [5, 5.41) is 11.0. The number of benzene rings is 1. The Morgan fingerprint density at radius 2 is 1.97 bits per heavy atom. The monoisotopic (exact) mass is 460 g/mol. The Bertz CT molecular complexity index is 1090. The highest BCUT2D eigenvalue weighted by molar-refractivity contribution is 7.99. The van der Waals surface area contributed by atoms with Crippen LogP contribution in [0.3, 0.4) is 0 Å².